The zero-order valence-corrected chi connectivity index (χ0v) is 14.4. The van der Waals surface area contributed by atoms with E-state index in [2.05, 4.69) is 0 Å². The van der Waals surface area contributed by atoms with E-state index in [1.54, 1.807) is 41.5 Å². The molecule has 0 N–H and O–H groups in total. The molecule has 0 aromatic carbocycles. The van der Waals surface area contributed by atoms with Gasteiger partial charge in [0.25, 0.3) is 0 Å². The lowest BCUT2D eigenvalue weighted by Crippen LogP contribution is -2.51. The Balaban J connectivity index is 2.79. The molecule has 0 radical (unpaired) electrons. The summed E-state index contributed by atoms with van der Waals surface area (Å²) < 4.78 is 10.3. The molecule has 0 aromatic rings. The molecule has 1 unspecified atom stereocenters. The van der Waals surface area contributed by atoms with E-state index < -0.39 is 35.1 Å². The summed E-state index contributed by atoms with van der Waals surface area (Å²) in [5.74, 6) is -1.27. The Morgan fingerprint density at radius 2 is 1.59 bits per heavy atom. The number of ether oxygens (including phenoxy) is 2. The van der Waals surface area contributed by atoms with Crippen LogP contribution in [0.5, 0.6) is 0 Å². The van der Waals surface area contributed by atoms with Gasteiger partial charge in [-0.2, -0.15) is 0 Å². The van der Waals surface area contributed by atoms with Gasteiger partial charge < -0.3 is 9.47 Å². The number of carbonyl (C=O) groups excluding carboxylic acids is 3. The van der Waals surface area contributed by atoms with Crippen LogP contribution >= 0.6 is 0 Å². The Morgan fingerprint density at radius 1 is 1.00 bits per heavy atom. The van der Waals surface area contributed by atoms with Crippen LogP contribution in [0.3, 0.4) is 0 Å². The number of hydrogen-bond donors (Lipinski definition) is 0. The molecule has 6 nitrogen and oxygen atoms in total. The topological polar surface area (TPSA) is 72.9 Å². The van der Waals surface area contributed by atoms with E-state index in [0.717, 1.165) is 12.8 Å². The number of likely N-dealkylation sites (tertiary alicyclic amines) is 1. The summed E-state index contributed by atoms with van der Waals surface area (Å²) in [6, 6.07) is -0.755. The second-order valence-corrected chi connectivity index (χ2v) is 7.64. The van der Waals surface area contributed by atoms with Crippen molar-refractivity contribution in [3.05, 3.63) is 0 Å². The highest BCUT2D eigenvalue weighted by molar-refractivity contribution is 5.92. The van der Waals surface area contributed by atoms with E-state index >= 15 is 0 Å². The zero-order valence-electron chi connectivity index (χ0n) is 14.4. The summed E-state index contributed by atoms with van der Waals surface area (Å²) in [4.78, 5) is 37.7. The molecule has 0 aromatic heterocycles. The highest BCUT2D eigenvalue weighted by Gasteiger charge is 2.38. The van der Waals surface area contributed by atoms with Crippen LogP contribution < -0.4 is 0 Å². The molecule has 22 heavy (non-hydrogen) atoms. The minimum atomic E-state index is -0.763. The first-order chi connectivity index (χ1) is 9.92. The fourth-order valence-electron chi connectivity index (χ4n) is 2.03. The second-order valence-electron chi connectivity index (χ2n) is 7.64. The van der Waals surface area contributed by atoms with Crippen LogP contribution in [0.25, 0.3) is 0 Å². The van der Waals surface area contributed by atoms with Gasteiger partial charge in [0, 0.05) is 6.54 Å². The first-order valence-electron chi connectivity index (χ1n) is 7.67. The number of hydrogen-bond acceptors (Lipinski definition) is 5. The maximum atomic E-state index is 12.2. The predicted molar refractivity (Wildman–Crippen MR) is 81.1 cm³/mol. The number of carbonyl (C=O) groups is 3. The highest BCUT2D eigenvalue weighted by Crippen LogP contribution is 2.23. The molecule has 0 aliphatic carbocycles. The average Bonchev–Trinajstić information content (AvgIpc) is 2.35. The summed E-state index contributed by atoms with van der Waals surface area (Å²) in [6.45, 7) is 10.8. The van der Waals surface area contributed by atoms with E-state index in [-0.39, 0.29) is 0 Å². The van der Waals surface area contributed by atoms with Crippen molar-refractivity contribution in [2.75, 3.05) is 6.54 Å². The van der Waals surface area contributed by atoms with Crippen LogP contribution in [-0.4, -0.2) is 41.1 Å². The monoisotopic (exact) mass is 313 g/mol. The Morgan fingerprint density at radius 3 is 2.09 bits per heavy atom. The Kier molecular flexibility index (Phi) is 5.59. The lowest BCUT2D eigenvalue weighted by molar-refractivity contribution is -0.169. The molecule has 0 saturated carbocycles. The largest absolute Gasteiger partial charge is 0.444 e. The van der Waals surface area contributed by atoms with Crippen LogP contribution in [0.4, 0.5) is 4.79 Å². The molecule has 1 heterocycles. The van der Waals surface area contributed by atoms with Crippen molar-refractivity contribution in [3.63, 3.8) is 0 Å². The molecule has 6 heteroatoms. The normalized spacial score (nSPS) is 19.5. The minimum Gasteiger partial charge on any atom is -0.444 e. The maximum Gasteiger partial charge on any atom is 0.411 e. The van der Waals surface area contributed by atoms with Gasteiger partial charge in [-0.25, -0.2) is 9.59 Å². The molecule has 1 saturated heterocycles. The minimum absolute atomic E-state index is 0.429. The van der Waals surface area contributed by atoms with E-state index in [1.165, 1.54) is 4.90 Å². The maximum absolute atomic E-state index is 12.2. The van der Waals surface area contributed by atoms with E-state index in [9.17, 15) is 14.4 Å². The van der Waals surface area contributed by atoms with Gasteiger partial charge in [-0.1, -0.05) is 0 Å². The van der Waals surface area contributed by atoms with Gasteiger partial charge in [-0.3, -0.25) is 9.69 Å². The Hall–Kier alpha value is -1.59. The standard InChI is InChI=1S/C16H27NO5/c1-15(2,3)13(19)21-12(18)11-9-7-8-10-17(11)14(20)22-16(4,5)6/h11H,7-10H2,1-6H3. The lowest BCUT2D eigenvalue weighted by Gasteiger charge is -2.35. The van der Waals surface area contributed by atoms with Crippen molar-refractivity contribution in [2.45, 2.75) is 72.4 Å². The lowest BCUT2D eigenvalue weighted by atomic mass is 9.97. The van der Waals surface area contributed by atoms with Gasteiger partial charge in [-0.15, -0.1) is 0 Å². The predicted octanol–water partition coefficient (Wildman–Crippen LogP) is 2.89. The van der Waals surface area contributed by atoms with E-state index in [1.807, 2.05) is 0 Å². The summed E-state index contributed by atoms with van der Waals surface area (Å²) in [6.07, 6.45) is 1.55. The average molecular weight is 313 g/mol. The highest BCUT2D eigenvalue weighted by atomic mass is 16.6. The number of amides is 1. The first-order valence-corrected chi connectivity index (χ1v) is 7.67. The summed E-state index contributed by atoms with van der Waals surface area (Å²) in [5, 5.41) is 0. The Labute approximate surface area is 132 Å². The number of piperidine rings is 1. The summed E-state index contributed by atoms with van der Waals surface area (Å²) in [7, 11) is 0. The smallest absolute Gasteiger partial charge is 0.411 e. The van der Waals surface area contributed by atoms with Gasteiger partial charge in [-0.05, 0) is 60.8 Å². The molecule has 126 valence electrons. The van der Waals surface area contributed by atoms with Crippen molar-refractivity contribution >= 4 is 18.0 Å². The van der Waals surface area contributed by atoms with Gasteiger partial charge in [0.05, 0.1) is 5.41 Å². The number of esters is 2. The molecular formula is C16H27NO5. The molecule has 1 fully saturated rings. The molecular weight excluding hydrogens is 286 g/mol. The van der Waals surface area contributed by atoms with Crippen molar-refractivity contribution < 1.29 is 23.9 Å². The van der Waals surface area contributed by atoms with Crippen LogP contribution in [0.15, 0.2) is 0 Å². The van der Waals surface area contributed by atoms with Crippen molar-refractivity contribution in [2.24, 2.45) is 5.41 Å². The molecule has 1 aliphatic rings. The first kappa shape index (κ1) is 18.5. The van der Waals surface area contributed by atoms with Crippen molar-refractivity contribution in [1.82, 2.24) is 4.90 Å². The van der Waals surface area contributed by atoms with Crippen molar-refractivity contribution in [3.8, 4) is 0 Å². The van der Waals surface area contributed by atoms with Gasteiger partial charge in [0.15, 0.2) is 0 Å². The molecule has 1 aliphatic heterocycles. The van der Waals surface area contributed by atoms with Crippen LogP contribution in [-0.2, 0) is 19.1 Å². The molecule has 0 spiro atoms. The number of rotatable bonds is 1. The van der Waals surface area contributed by atoms with Crippen molar-refractivity contribution in [1.29, 1.82) is 0 Å². The zero-order chi connectivity index (χ0) is 17.1. The summed E-state index contributed by atoms with van der Waals surface area (Å²) in [5.41, 5.74) is -1.40. The second kappa shape index (κ2) is 6.67. The Bertz CT molecular complexity index is 444. The van der Waals surface area contributed by atoms with Crippen LogP contribution in [0.1, 0.15) is 60.8 Å². The molecule has 1 amide bonds. The number of nitrogens with zero attached hydrogens (tertiary/aromatic N) is 1. The third-order valence-corrected chi connectivity index (χ3v) is 3.21. The van der Waals surface area contributed by atoms with Gasteiger partial charge >= 0.3 is 18.0 Å². The fraction of sp³-hybridized carbons (Fsp3) is 0.812. The fourth-order valence-corrected chi connectivity index (χ4v) is 2.03. The molecule has 1 atom stereocenters. The van der Waals surface area contributed by atoms with Gasteiger partial charge in [0.2, 0.25) is 0 Å². The molecule has 0 bridgehead atoms. The third-order valence-electron chi connectivity index (χ3n) is 3.21. The molecule has 1 rings (SSSR count). The van der Waals surface area contributed by atoms with Gasteiger partial charge in [0.1, 0.15) is 11.6 Å². The SMILES string of the molecule is CC(C)(C)OC(=O)N1CCCCC1C(=O)OC(=O)C(C)(C)C. The van der Waals surface area contributed by atoms with Crippen LogP contribution in [0, 0.1) is 5.41 Å². The summed E-state index contributed by atoms with van der Waals surface area (Å²) >= 11 is 0. The van der Waals surface area contributed by atoms with E-state index in [0.29, 0.717) is 13.0 Å². The van der Waals surface area contributed by atoms with E-state index in [4.69, 9.17) is 9.47 Å². The third kappa shape index (κ3) is 5.31. The van der Waals surface area contributed by atoms with Crippen LogP contribution in [0.2, 0.25) is 0 Å². The quantitative estimate of drug-likeness (QED) is 0.550.